The number of carbonyl (C=O) groups is 1. The quantitative estimate of drug-likeness (QED) is 0.313. The molecule has 0 saturated carbocycles. The van der Waals surface area contributed by atoms with Gasteiger partial charge in [0.05, 0.1) is 22.7 Å². The van der Waals surface area contributed by atoms with Gasteiger partial charge in [0.1, 0.15) is 18.0 Å². The van der Waals surface area contributed by atoms with Gasteiger partial charge in [-0.05, 0) is 74.9 Å². The van der Waals surface area contributed by atoms with Crippen LogP contribution in [-0.4, -0.2) is 55.9 Å². The minimum atomic E-state index is -0.525. The number of methoxy groups -OCH3 is 1. The normalized spacial score (nSPS) is 21.2. The lowest BCUT2D eigenvalue weighted by molar-refractivity contribution is -0.165. The van der Waals surface area contributed by atoms with Gasteiger partial charge in [-0.2, -0.15) is 0 Å². The Kier molecular flexibility index (Phi) is 9.24. The Labute approximate surface area is 252 Å². The fraction of sp³-hybridized carbons (Fsp3) is 0.500. The van der Waals surface area contributed by atoms with Crippen LogP contribution in [0.25, 0.3) is 11.3 Å². The van der Waals surface area contributed by atoms with Gasteiger partial charge in [-0.1, -0.05) is 42.8 Å². The second-order valence-corrected chi connectivity index (χ2v) is 13.2. The van der Waals surface area contributed by atoms with Crippen LogP contribution in [-0.2, 0) is 27.3 Å². The minimum absolute atomic E-state index is 0.204. The number of fused-ring (bicyclic) bond motifs is 1. The van der Waals surface area contributed by atoms with E-state index in [4.69, 9.17) is 30.8 Å². The monoisotopic (exact) mass is 597 g/mol. The molecule has 7 nitrogen and oxygen atoms in total. The Hall–Kier alpha value is -2.65. The first-order chi connectivity index (χ1) is 19.6. The molecule has 9 heteroatoms. The molecule has 220 valence electrons. The van der Waals surface area contributed by atoms with E-state index in [0.717, 1.165) is 41.5 Å². The summed E-state index contributed by atoms with van der Waals surface area (Å²) < 4.78 is 17.7. The maximum Gasteiger partial charge on any atom is 0.312 e. The van der Waals surface area contributed by atoms with Crippen molar-refractivity contribution < 1.29 is 19.0 Å². The molecule has 41 heavy (non-hydrogen) atoms. The van der Waals surface area contributed by atoms with Crippen LogP contribution >= 0.6 is 22.9 Å². The van der Waals surface area contributed by atoms with Crippen molar-refractivity contribution in [3.8, 4) is 17.0 Å². The van der Waals surface area contributed by atoms with Crippen LogP contribution in [0.3, 0.4) is 0 Å². The SMILES string of the molecule is CO[C@H]1CN(c2nc(-c3cccc(Cl)c3OCc3ccc4c(c3)CCNC[C@H]4C)cs2)CC[C@H]1C(=O)OC(C)(C)C. The number of thiazole rings is 1. The average molecular weight is 598 g/mol. The highest BCUT2D eigenvalue weighted by Gasteiger charge is 2.38. The number of esters is 1. The molecule has 5 rings (SSSR count). The highest BCUT2D eigenvalue weighted by Crippen LogP contribution is 2.39. The van der Waals surface area contributed by atoms with Gasteiger partial charge in [0.15, 0.2) is 5.13 Å². The van der Waals surface area contributed by atoms with Crippen LogP contribution in [0, 0.1) is 5.92 Å². The van der Waals surface area contributed by atoms with E-state index in [1.807, 2.05) is 44.4 Å². The molecule has 0 spiro atoms. The molecule has 0 aliphatic carbocycles. The topological polar surface area (TPSA) is 72.9 Å². The second kappa shape index (κ2) is 12.7. The predicted octanol–water partition coefficient (Wildman–Crippen LogP) is 6.47. The van der Waals surface area contributed by atoms with Crippen molar-refractivity contribution in [2.45, 2.75) is 64.8 Å². The molecule has 0 amide bonds. The third kappa shape index (κ3) is 7.05. The van der Waals surface area contributed by atoms with Crippen molar-refractivity contribution in [3.63, 3.8) is 0 Å². The number of halogens is 1. The van der Waals surface area contributed by atoms with Crippen LogP contribution in [0.5, 0.6) is 5.75 Å². The lowest BCUT2D eigenvalue weighted by Crippen LogP contribution is -2.49. The van der Waals surface area contributed by atoms with Crippen LogP contribution < -0.4 is 15.0 Å². The number of anilines is 1. The van der Waals surface area contributed by atoms with Gasteiger partial charge in [-0.25, -0.2) is 4.98 Å². The summed E-state index contributed by atoms with van der Waals surface area (Å²) in [6, 6.07) is 12.4. The molecular formula is C32H40ClN3O4S. The van der Waals surface area contributed by atoms with Gasteiger partial charge in [0.25, 0.3) is 0 Å². The van der Waals surface area contributed by atoms with Crippen LogP contribution in [0.1, 0.15) is 56.7 Å². The Balaban J connectivity index is 1.30. The molecule has 3 heterocycles. The molecular weight excluding hydrogens is 558 g/mol. The Morgan fingerprint density at radius 1 is 1.24 bits per heavy atom. The highest BCUT2D eigenvalue weighted by molar-refractivity contribution is 7.14. The molecule has 0 bridgehead atoms. The number of para-hydroxylation sites is 1. The number of carbonyl (C=O) groups excluding carboxylic acids is 1. The molecule has 1 fully saturated rings. The van der Waals surface area contributed by atoms with Crippen LogP contribution in [0.4, 0.5) is 5.13 Å². The van der Waals surface area contributed by atoms with Gasteiger partial charge < -0.3 is 24.4 Å². The van der Waals surface area contributed by atoms with E-state index >= 15 is 0 Å². The lowest BCUT2D eigenvalue weighted by Gasteiger charge is -2.37. The number of hydrogen-bond acceptors (Lipinski definition) is 8. The van der Waals surface area contributed by atoms with E-state index in [9.17, 15) is 4.79 Å². The summed E-state index contributed by atoms with van der Waals surface area (Å²) in [6.07, 6.45) is 1.39. The van der Waals surface area contributed by atoms with Crippen LogP contribution in [0.2, 0.25) is 5.02 Å². The molecule has 1 aromatic heterocycles. The Bertz CT molecular complexity index is 1370. The third-order valence-corrected chi connectivity index (χ3v) is 8.92. The number of piperidine rings is 1. The van der Waals surface area contributed by atoms with Crippen LogP contribution in [0.15, 0.2) is 41.8 Å². The molecule has 1 N–H and O–H groups in total. The largest absolute Gasteiger partial charge is 0.487 e. The minimum Gasteiger partial charge on any atom is -0.487 e. The van der Waals surface area contributed by atoms with E-state index in [2.05, 4.69) is 35.3 Å². The van der Waals surface area contributed by atoms with Crippen molar-refractivity contribution in [2.24, 2.45) is 5.92 Å². The first kappa shape index (κ1) is 29.8. The second-order valence-electron chi connectivity index (χ2n) is 12.0. The van der Waals surface area contributed by atoms with E-state index in [0.29, 0.717) is 42.8 Å². The fourth-order valence-electron chi connectivity index (χ4n) is 5.62. The van der Waals surface area contributed by atoms with E-state index < -0.39 is 5.60 Å². The number of nitrogens with zero attached hydrogens (tertiary/aromatic N) is 2. The summed E-state index contributed by atoms with van der Waals surface area (Å²) in [4.78, 5) is 19.9. The zero-order chi connectivity index (χ0) is 29.1. The van der Waals surface area contributed by atoms with Gasteiger partial charge >= 0.3 is 5.97 Å². The van der Waals surface area contributed by atoms with Gasteiger partial charge in [-0.15, -0.1) is 11.3 Å². The molecule has 2 aliphatic heterocycles. The fourth-order valence-corrected chi connectivity index (χ4v) is 6.71. The molecule has 3 aromatic rings. The lowest BCUT2D eigenvalue weighted by atomic mass is 9.93. The zero-order valence-electron chi connectivity index (χ0n) is 24.5. The molecule has 2 aromatic carbocycles. The van der Waals surface area contributed by atoms with Crippen molar-refractivity contribution >= 4 is 34.0 Å². The van der Waals surface area contributed by atoms with E-state index in [1.54, 1.807) is 18.4 Å². The van der Waals surface area contributed by atoms with Crippen molar-refractivity contribution in [1.82, 2.24) is 10.3 Å². The number of aromatic nitrogens is 1. The highest BCUT2D eigenvalue weighted by atomic mass is 35.5. The smallest absolute Gasteiger partial charge is 0.312 e. The van der Waals surface area contributed by atoms with Crippen molar-refractivity contribution in [1.29, 1.82) is 0 Å². The number of hydrogen-bond donors (Lipinski definition) is 1. The summed E-state index contributed by atoms with van der Waals surface area (Å²) in [5, 5.41) is 6.99. The van der Waals surface area contributed by atoms with Crippen molar-refractivity contribution in [2.75, 3.05) is 38.2 Å². The zero-order valence-corrected chi connectivity index (χ0v) is 26.1. The van der Waals surface area contributed by atoms with Gasteiger partial charge in [0.2, 0.25) is 0 Å². The predicted molar refractivity (Wildman–Crippen MR) is 165 cm³/mol. The van der Waals surface area contributed by atoms with Gasteiger partial charge in [0, 0.05) is 37.7 Å². The Morgan fingerprint density at radius 2 is 2.07 bits per heavy atom. The summed E-state index contributed by atoms with van der Waals surface area (Å²) in [5.41, 5.74) is 5.08. The summed E-state index contributed by atoms with van der Waals surface area (Å²) in [5.74, 6) is 0.633. The summed E-state index contributed by atoms with van der Waals surface area (Å²) in [6.45, 7) is 11.6. The van der Waals surface area contributed by atoms with Gasteiger partial charge in [-0.3, -0.25) is 4.79 Å². The Morgan fingerprint density at radius 3 is 2.85 bits per heavy atom. The first-order valence-electron chi connectivity index (χ1n) is 14.3. The number of rotatable bonds is 7. The van der Waals surface area contributed by atoms with E-state index in [-0.39, 0.29) is 18.0 Å². The number of ether oxygens (including phenoxy) is 3. The molecule has 2 aliphatic rings. The standard InChI is InChI=1S/C32H40ClN3O4S/c1-20-16-34-13-11-22-15-21(9-10-23(20)22)18-39-29-24(7-6-8-26(29)33)27-19-41-31(35-27)36-14-12-25(28(17-36)38-5)30(37)40-32(2,3)4/h6-10,15,19-20,25,28,34H,11-14,16-18H2,1-5H3/t20-,25-,28+/m1/s1. The maximum absolute atomic E-state index is 12.8. The summed E-state index contributed by atoms with van der Waals surface area (Å²) >= 11 is 8.23. The molecule has 1 saturated heterocycles. The first-order valence-corrected chi connectivity index (χ1v) is 15.6. The molecule has 0 radical (unpaired) electrons. The summed E-state index contributed by atoms with van der Waals surface area (Å²) in [7, 11) is 1.65. The molecule has 3 atom stereocenters. The number of benzene rings is 2. The molecule has 0 unspecified atom stereocenters. The third-order valence-electron chi connectivity index (χ3n) is 7.72. The van der Waals surface area contributed by atoms with E-state index in [1.165, 1.54) is 11.1 Å². The van der Waals surface area contributed by atoms with Crippen molar-refractivity contribution in [3.05, 3.63) is 63.5 Å². The number of nitrogens with one attached hydrogen (secondary N) is 1. The maximum atomic E-state index is 12.8. The average Bonchev–Trinajstić information content (AvgIpc) is 3.36.